The van der Waals surface area contributed by atoms with Gasteiger partial charge >= 0.3 is 6.09 Å². The van der Waals surface area contributed by atoms with Crippen molar-refractivity contribution in [1.29, 1.82) is 0 Å². The van der Waals surface area contributed by atoms with Gasteiger partial charge in [-0.1, -0.05) is 37.3 Å². The van der Waals surface area contributed by atoms with Gasteiger partial charge in [-0.15, -0.1) is 0 Å². The Morgan fingerprint density at radius 3 is 2.18 bits per heavy atom. The zero-order valence-electron chi connectivity index (χ0n) is 13.3. The summed E-state index contributed by atoms with van der Waals surface area (Å²) >= 11 is 0. The molecule has 1 atom stereocenters. The van der Waals surface area contributed by atoms with Gasteiger partial charge in [-0.2, -0.15) is 0 Å². The van der Waals surface area contributed by atoms with Crippen molar-refractivity contribution >= 4 is 12.0 Å². The average Bonchev–Trinajstić information content (AvgIpc) is 2.57. The number of piperazine rings is 1. The van der Waals surface area contributed by atoms with E-state index in [1.807, 2.05) is 42.2 Å². The molecule has 1 aromatic carbocycles. The molecule has 2 rings (SSSR count). The molecule has 1 saturated heterocycles. The summed E-state index contributed by atoms with van der Waals surface area (Å²) in [4.78, 5) is 27.9. The van der Waals surface area contributed by atoms with Gasteiger partial charge in [0.1, 0.15) is 0 Å². The summed E-state index contributed by atoms with van der Waals surface area (Å²) in [6.45, 7) is 6.42. The first-order chi connectivity index (χ1) is 10.7. The van der Waals surface area contributed by atoms with Crippen LogP contribution in [0, 0.1) is 0 Å². The molecular weight excluding hydrogens is 280 g/mol. The number of hydrogen-bond donors (Lipinski definition) is 0. The molecule has 1 fully saturated rings. The van der Waals surface area contributed by atoms with Crippen molar-refractivity contribution in [3.8, 4) is 0 Å². The molecule has 0 unspecified atom stereocenters. The third-order valence-electron chi connectivity index (χ3n) is 4.03. The summed E-state index contributed by atoms with van der Waals surface area (Å²) < 4.78 is 5.00. The molecule has 0 aliphatic carbocycles. The van der Waals surface area contributed by atoms with Crippen molar-refractivity contribution in [3.63, 3.8) is 0 Å². The van der Waals surface area contributed by atoms with E-state index in [1.165, 1.54) is 0 Å². The lowest BCUT2D eigenvalue weighted by Gasteiger charge is -2.35. The number of rotatable bonds is 4. The van der Waals surface area contributed by atoms with Crippen molar-refractivity contribution in [2.24, 2.45) is 0 Å². The molecule has 0 spiro atoms. The number of benzene rings is 1. The van der Waals surface area contributed by atoms with E-state index in [4.69, 9.17) is 4.74 Å². The maximum absolute atomic E-state index is 12.7. The lowest BCUT2D eigenvalue weighted by atomic mass is 9.95. The van der Waals surface area contributed by atoms with Crippen molar-refractivity contribution in [2.45, 2.75) is 26.2 Å². The minimum atomic E-state index is -0.287. The summed E-state index contributed by atoms with van der Waals surface area (Å²) in [7, 11) is 0. The maximum Gasteiger partial charge on any atom is 0.409 e. The SMILES string of the molecule is CCOC(=O)N1CCN(C(=O)[C@H](CC)c2ccccc2)CC1. The van der Waals surface area contributed by atoms with E-state index in [1.54, 1.807) is 11.8 Å². The molecule has 1 aliphatic heterocycles. The lowest BCUT2D eigenvalue weighted by Crippen LogP contribution is -2.51. The molecule has 0 aromatic heterocycles. The van der Waals surface area contributed by atoms with Crippen LogP contribution in [0.4, 0.5) is 4.79 Å². The topological polar surface area (TPSA) is 49.9 Å². The van der Waals surface area contributed by atoms with Gasteiger partial charge < -0.3 is 14.5 Å². The van der Waals surface area contributed by atoms with Crippen LogP contribution < -0.4 is 0 Å². The zero-order chi connectivity index (χ0) is 15.9. The van der Waals surface area contributed by atoms with Crippen LogP contribution in [0.5, 0.6) is 0 Å². The Morgan fingerprint density at radius 1 is 1.05 bits per heavy atom. The largest absolute Gasteiger partial charge is 0.450 e. The van der Waals surface area contributed by atoms with Crippen molar-refractivity contribution < 1.29 is 14.3 Å². The predicted molar refractivity (Wildman–Crippen MR) is 84.6 cm³/mol. The van der Waals surface area contributed by atoms with E-state index in [2.05, 4.69) is 0 Å². The van der Waals surface area contributed by atoms with Gasteiger partial charge in [0.05, 0.1) is 12.5 Å². The highest BCUT2D eigenvalue weighted by Crippen LogP contribution is 2.22. The van der Waals surface area contributed by atoms with Crippen LogP contribution in [0.15, 0.2) is 30.3 Å². The van der Waals surface area contributed by atoms with Gasteiger partial charge in [0.25, 0.3) is 0 Å². The van der Waals surface area contributed by atoms with E-state index in [-0.39, 0.29) is 17.9 Å². The quantitative estimate of drug-likeness (QED) is 0.858. The molecule has 0 bridgehead atoms. The van der Waals surface area contributed by atoms with E-state index in [0.29, 0.717) is 32.8 Å². The first-order valence-electron chi connectivity index (χ1n) is 7.92. The summed E-state index contributed by atoms with van der Waals surface area (Å²) in [6, 6.07) is 9.88. The summed E-state index contributed by atoms with van der Waals surface area (Å²) in [5.41, 5.74) is 1.06. The van der Waals surface area contributed by atoms with Gasteiger partial charge in [-0.3, -0.25) is 4.79 Å². The van der Waals surface area contributed by atoms with Gasteiger partial charge in [0.15, 0.2) is 0 Å². The molecule has 0 radical (unpaired) electrons. The first-order valence-corrected chi connectivity index (χ1v) is 7.92. The van der Waals surface area contributed by atoms with E-state index in [0.717, 1.165) is 12.0 Å². The van der Waals surface area contributed by atoms with Crippen LogP contribution in [-0.4, -0.2) is 54.6 Å². The molecule has 0 N–H and O–H groups in total. The third kappa shape index (κ3) is 3.78. The van der Waals surface area contributed by atoms with Crippen LogP contribution in [0.25, 0.3) is 0 Å². The summed E-state index contributed by atoms with van der Waals surface area (Å²) in [5.74, 6) is 0.0487. The number of nitrogens with zero attached hydrogens (tertiary/aromatic N) is 2. The Balaban J connectivity index is 1.95. The Labute approximate surface area is 131 Å². The number of carbonyl (C=O) groups is 2. The molecule has 120 valence electrons. The second kappa shape index (κ2) is 7.82. The Bertz CT molecular complexity index is 496. The van der Waals surface area contributed by atoms with Gasteiger partial charge in [0.2, 0.25) is 5.91 Å². The van der Waals surface area contributed by atoms with Crippen molar-refractivity contribution in [2.75, 3.05) is 32.8 Å². The molecule has 5 nitrogen and oxygen atoms in total. The fourth-order valence-electron chi connectivity index (χ4n) is 2.78. The minimum absolute atomic E-state index is 0.102. The smallest absolute Gasteiger partial charge is 0.409 e. The van der Waals surface area contributed by atoms with Crippen molar-refractivity contribution in [1.82, 2.24) is 9.80 Å². The van der Waals surface area contributed by atoms with E-state index >= 15 is 0 Å². The minimum Gasteiger partial charge on any atom is -0.450 e. The molecule has 5 heteroatoms. The molecular formula is C17H24N2O3. The molecule has 22 heavy (non-hydrogen) atoms. The lowest BCUT2D eigenvalue weighted by molar-refractivity contribution is -0.134. The number of carbonyl (C=O) groups excluding carboxylic acids is 2. The van der Waals surface area contributed by atoms with Crippen LogP contribution in [0.3, 0.4) is 0 Å². The molecule has 0 saturated carbocycles. The third-order valence-corrected chi connectivity index (χ3v) is 4.03. The monoisotopic (exact) mass is 304 g/mol. The highest BCUT2D eigenvalue weighted by molar-refractivity contribution is 5.84. The molecule has 1 aliphatic rings. The Hall–Kier alpha value is -2.04. The number of amides is 2. The van der Waals surface area contributed by atoms with E-state index in [9.17, 15) is 9.59 Å². The normalized spacial score (nSPS) is 16.3. The van der Waals surface area contributed by atoms with Gasteiger partial charge in [-0.05, 0) is 18.9 Å². The summed E-state index contributed by atoms with van der Waals surface area (Å²) in [6.07, 6.45) is 0.491. The van der Waals surface area contributed by atoms with Crippen molar-refractivity contribution in [3.05, 3.63) is 35.9 Å². The second-order valence-corrected chi connectivity index (χ2v) is 5.38. The fourth-order valence-corrected chi connectivity index (χ4v) is 2.78. The highest BCUT2D eigenvalue weighted by atomic mass is 16.6. The molecule has 1 heterocycles. The summed E-state index contributed by atoms with van der Waals surface area (Å²) in [5, 5.41) is 0. The number of hydrogen-bond acceptors (Lipinski definition) is 3. The zero-order valence-corrected chi connectivity index (χ0v) is 13.3. The Morgan fingerprint density at radius 2 is 1.64 bits per heavy atom. The highest BCUT2D eigenvalue weighted by Gasteiger charge is 2.29. The fraction of sp³-hybridized carbons (Fsp3) is 0.529. The first kappa shape index (κ1) is 16.3. The molecule has 2 amide bonds. The standard InChI is InChI=1S/C17H24N2O3/c1-3-15(14-8-6-5-7-9-14)16(20)18-10-12-19(13-11-18)17(21)22-4-2/h5-9,15H,3-4,10-13H2,1-2H3/t15-/m1/s1. The van der Waals surface area contributed by atoms with Crippen LogP contribution >= 0.6 is 0 Å². The van der Waals surface area contributed by atoms with E-state index < -0.39 is 0 Å². The van der Waals surface area contributed by atoms with Gasteiger partial charge in [0, 0.05) is 26.2 Å². The average molecular weight is 304 g/mol. The van der Waals surface area contributed by atoms with Crippen LogP contribution in [0.2, 0.25) is 0 Å². The second-order valence-electron chi connectivity index (χ2n) is 5.38. The van der Waals surface area contributed by atoms with Crippen LogP contribution in [0.1, 0.15) is 31.7 Å². The predicted octanol–water partition coefficient (Wildman–Crippen LogP) is 2.48. The van der Waals surface area contributed by atoms with Crippen LogP contribution in [-0.2, 0) is 9.53 Å². The maximum atomic E-state index is 12.7. The molecule has 1 aromatic rings. The van der Waals surface area contributed by atoms with Gasteiger partial charge in [-0.25, -0.2) is 4.79 Å². The number of ether oxygens (including phenoxy) is 1. The Kier molecular flexibility index (Phi) is 5.81.